The largest absolute Gasteiger partial charge is 0.335 e. The second-order valence-corrected chi connectivity index (χ2v) is 7.83. The molecule has 1 atom stereocenters. The Kier molecular flexibility index (Phi) is 4.75. The number of hydrogen-bond donors (Lipinski definition) is 0. The molecule has 1 aromatic carbocycles. The van der Waals surface area contributed by atoms with Crippen molar-refractivity contribution in [2.45, 2.75) is 25.3 Å². The number of para-hydroxylation sites is 1. The van der Waals surface area contributed by atoms with Crippen LogP contribution < -0.4 is 0 Å². The Hall–Kier alpha value is -3.54. The maximum Gasteiger partial charge on any atom is 0.254 e. The Morgan fingerprint density at radius 1 is 1.17 bits per heavy atom. The van der Waals surface area contributed by atoms with Crippen molar-refractivity contribution < 1.29 is 4.79 Å². The van der Waals surface area contributed by atoms with Gasteiger partial charge in [0.1, 0.15) is 0 Å². The number of fused-ring (bicyclic) bond motifs is 1. The average molecular weight is 397 g/mol. The van der Waals surface area contributed by atoms with Gasteiger partial charge < -0.3 is 4.90 Å². The maximum atomic E-state index is 13.7. The van der Waals surface area contributed by atoms with Crippen LogP contribution in [0.15, 0.2) is 67.3 Å². The standard InChI is InChI=1S/C24H23N5O/c1-28-16-18(15-26-28)23-13-21(20-8-2-3-9-22(20)27-23)24(30)29-11-5-7-19(29)12-17-6-4-10-25-14-17/h2-4,6,8-10,13-16,19H,5,7,11-12H2,1H3/t19-/m1/s1. The summed E-state index contributed by atoms with van der Waals surface area (Å²) in [5, 5.41) is 5.15. The zero-order valence-corrected chi connectivity index (χ0v) is 16.9. The first-order valence-corrected chi connectivity index (χ1v) is 10.3. The number of aromatic nitrogens is 4. The molecule has 0 unspecified atom stereocenters. The Bertz CT molecular complexity index is 1200. The fourth-order valence-electron chi connectivity index (χ4n) is 4.31. The van der Waals surface area contributed by atoms with Gasteiger partial charge >= 0.3 is 0 Å². The van der Waals surface area contributed by atoms with E-state index in [2.05, 4.69) is 16.1 Å². The minimum absolute atomic E-state index is 0.0742. The molecule has 0 N–H and O–H groups in total. The minimum Gasteiger partial charge on any atom is -0.335 e. The molecule has 0 saturated carbocycles. The second kappa shape index (κ2) is 7.71. The van der Waals surface area contributed by atoms with E-state index in [1.165, 1.54) is 0 Å². The van der Waals surface area contributed by atoms with E-state index in [9.17, 15) is 4.79 Å². The van der Waals surface area contributed by atoms with Crippen LogP contribution in [0.3, 0.4) is 0 Å². The van der Waals surface area contributed by atoms with Gasteiger partial charge in [0, 0.05) is 49.2 Å². The predicted molar refractivity (Wildman–Crippen MR) is 116 cm³/mol. The lowest BCUT2D eigenvalue weighted by Crippen LogP contribution is -2.37. The lowest BCUT2D eigenvalue weighted by molar-refractivity contribution is 0.0738. The van der Waals surface area contributed by atoms with E-state index in [1.54, 1.807) is 17.1 Å². The van der Waals surface area contributed by atoms with Gasteiger partial charge in [0.25, 0.3) is 5.91 Å². The van der Waals surface area contributed by atoms with Gasteiger partial charge in [0.15, 0.2) is 0 Å². The van der Waals surface area contributed by atoms with E-state index in [0.717, 1.165) is 53.5 Å². The van der Waals surface area contributed by atoms with E-state index in [1.807, 2.05) is 60.7 Å². The normalized spacial score (nSPS) is 16.3. The van der Waals surface area contributed by atoms with Crippen LogP contribution in [-0.4, -0.2) is 43.1 Å². The smallest absolute Gasteiger partial charge is 0.254 e. The van der Waals surface area contributed by atoms with Crippen LogP contribution in [0.25, 0.3) is 22.2 Å². The first-order valence-electron chi connectivity index (χ1n) is 10.3. The summed E-state index contributed by atoms with van der Waals surface area (Å²) < 4.78 is 1.75. The van der Waals surface area contributed by atoms with Crippen molar-refractivity contribution in [3.63, 3.8) is 0 Å². The van der Waals surface area contributed by atoms with E-state index in [-0.39, 0.29) is 11.9 Å². The molecule has 0 bridgehead atoms. The first-order chi connectivity index (χ1) is 14.7. The molecular formula is C24H23N5O. The van der Waals surface area contributed by atoms with Crippen LogP contribution >= 0.6 is 0 Å². The number of nitrogens with zero attached hydrogens (tertiary/aromatic N) is 5. The number of amides is 1. The summed E-state index contributed by atoms with van der Waals surface area (Å²) >= 11 is 0. The first kappa shape index (κ1) is 18.5. The van der Waals surface area contributed by atoms with Crippen molar-refractivity contribution in [1.29, 1.82) is 0 Å². The van der Waals surface area contributed by atoms with Crippen LogP contribution in [0.4, 0.5) is 0 Å². The van der Waals surface area contributed by atoms with Gasteiger partial charge in [-0.25, -0.2) is 4.98 Å². The molecule has 1 amide bonds. The van der Waals surface area contributed by atoms with Crippen molar-refractivity contribution >= 4 is 16.8 Å². The summed E-state index contributed by atoms with van der Waals surface area (Å²) in [7, 11) is 1.88. The van der Waals surface area contributed by atoms with Crippen LogP contribution in [0, 0.1) is 0 Å². The molecule has 5 rings (SSSR count). The molecule has 6 nitrogen and oxygen atoms in total. The van der Waals surface area contributed by atoms with Gasteiger partial charge in [-0.3, -0.25) is 14.5 Å². The zero-order valence-electron chi connectivity index (χ0n) is 16.9. The van der Waals surface area contributed by atoms with Crippen molar-refractivity contribution in [3.05, 3.63) is 78.4 Å². The molecule has 1 aliphatic rings. The van der Waals surface area contributed by atoms with E-state index >= 15 is 0 Å². The lowest BCUT2D eigenvalue weighted by Gasteiger charge is -2.25. The summed E-state index contributed by atoms with van der Waals surface area (Å²) in [5.41, 5.74) is 4.37. The molecule has 0 spiro atoms. The molecule has 1 aliphatic heterocycles. The van der Waals surface area contributed by atoms with E-state index in [0.29, 0.717) is 5.56 Å². The zero-order chi connectivity index (χ0) is 20.5. The molecule has 4 heterocycles. The van der Waals surface area contributed by atoms with Gasteiger partial charge in [0.2, 0.25) is 0 Å². The molecule has 3 aromatic heterocycles. The topological polar surface area (TPSA) is 63.9 Å². The van der Waals surface area contributed by atoms with E-state index in [4.69, 9.17) is 4.98 Å². The predicted octanol–water partition coefficient (Wildman–Crippen LogP) is 3.88. The molecular weight excluding hydrogens is 374 g/mol. The van der Waals surface area contributed by atoms with Gasteiger partial charge in [-0.05, 0) is 43.0 Å². The molecule has 30 heavy (non-hydrogen) atoms. The third kappa shape index (κ3) is 3.45. The number of rotatable bonds is 4. The van der Waals surface area contributed by atoms with Crippen molar-refractivity contribution in [3.8, 4) is 11.3 Å². The monoisotopic (exact) mass is 397 g/mol. The number of carbonyl (C=O) groups excluding carboxylic acids is 1. The number of benzene rings is 1. The number of hydrogen-bond acceptors (Lipinski definition) is 4. The second-order valence-electron chi connectivity index (χ2n) is 7.83. The minimum atomic E-state index is 0.0742. The molecule has 6 heteroatoms. The van der Waals surface area contributed by atoms with Gasteiger partial charge in [-0.2, -0.15) is 5.10 Å². The summed E-state index contributed by atoms with van der Waals surface area (Å²) in [6.45, 7) is 0.780. The summed E-state index contributed by atoms with van der Waals surface area (Å²) in [6.07, 6.45) is 10.2. The maximum absolute atomic E-state index is 13.7. The van der Waals surface area contributed by atoms with Crippen LogP contribution in [-0.2, 0) is 13.5 Å². The van der Waals surface area contributed by atoms with Crippen molar-refractivity contribution in [1.82, 2.24) is 24.6 Å². The van der Waals surface area contributed by atoms with Crippen molar-refractivity contribution in [2.75, 3.05) is 6.54 Å². The fraction of sp³-hybridized carbons (Fsp3) is 0.250. The quantitative estimate of drug-likeness (QED) is 0.524. The molecule has 4 aromatic rings. The Labute approximate surface area is 175 Å². The highest BCUT2D eigenvalue weighted by Crippen LogP contribution is 2.29. The Morgan fingerprint density at radius 3 is 2.87 bits per heavy atom. The molecule has 0 radical (unpaired) electrons. The average Bonchev–Trinajstić information content (AvgIpc) is 3.42. The highest BCUT2D eigenvalue weighted by atomic mass is 16.2. The number of aryl methyl sites for hydroxylation is 1. The SMILES string of the molecule is Cn1cc(-c2cc(C(=O)N3CCC[C@@H]3Cc3cccnc3)c3ccccc3n2)cn1. The molecule has 1 saturated heterocycles. The molecule has 0 aliphatic carbocycles. The van der Waals surface area contributed by atoms with Gasteiger partial charge in [0.05, 0.1) is 23.0 Å². The fourth-order valence-corrected chi connectivity index (χ4v) is 4.31. The summed E-state index contributed by atoms with van der Waals surface area (Å²) in [5.74, 6) is 0.0742. The third-order valence-electron chi connectivity index (χ3n) is 5.78. The highest BCUT2D eigenvalue weighted by molar-refractivity contribution is 6.07. The van der Waals surface area contributed by atoms with E-state index < -0.39 is 0 Å². The number of pyridine rings is 2. The van der Waals surface area contributed by atoms with Crippen LogP contribution in [0.1, 0.15) is 28.8 Å². The van der Waals surface area contributed by atoms with Crippen molar-refractivity contribution in [2.24, 2.45) is 7.05 Å². The highest BCUT2D eigenvalue weighted by Gasteiger charge is 2.30. The number of carbonyl (C=O) groups is 1. The summed E-state index contributed by atoms with van der Waals surface area (Å²) in [6, 6.07) is 14.0. The van der Waals surface area contributed by atoms with Gasteiger partial charge in [-0.15, -0.1) is 0 Å². The molecule has 1 fully saturated rings. The number of likely N-dealkylation sites (tertiary alicyclic amines) is 1. The lowest BCUT2D eigenvalue weighted by atomic mass is 10.0. The third-order valence-corrected chi connectivity index (χ3v) is 5.78. The molecule has 150 valence electrons. The summed E-state index contributed by atoms with van der Waals surface area (Å²) in [4.78, 5) is 24.7. The van der Waals surface area contributed by atoms with Crippen LogP contribution in [0.5, 0.6) is 0 Å². The van der Waals surface area contributed by atoms with Crippen LogP contribution in [0.2, 0.25) is 0 Å². The van der Waals surface area contributed by atoms with Gasteiger partial charge in [-0.1, -0.05) is 24.3 Å². The Morgan fingerprint density at radius 2 is 2.07 bits per heavy atom. The Balaban J connectivity index is 1.53.